The molecule has 25 heavy (non-hydrogen) atoms. The van der Waals surface area contributed by atoms with Gasteiger partial charge in [-0.25, -0.2) is 9.78 Å². The number of amides is 1. The zero-order chi connectivity index (χ0) is 17.8. The lowest BCUT2D eigenvalue weighted by atomic mass is 10.2. The van der Waals surface area contributed by atoms with Crippen molar-refractivity contribution < 1.29 is 9.90 Å². The smallest absolute Gasteiger partial charge is 0.404 e. The molecule has 0 atom stereocenters. The van der Waals surface area contributed by atoms with E-state index in [4.69, 9.17) is 10.1 Å². The highest BCUT2D eigenvalue weighted by Crippen LogP contribution is 2.27. The van der Waals surface area contributed by atoms with Gasteiger partial charge in [-0.15, -0.1) is 0 Å². The van der Waals surface area contributed by atoms with Crippen molar-refractivity contribution in [1.29, 1.82) is 0 Å². The lowest BCUT2D eigenvalue weighted by molar-refractivity contribution is 0.194. The van der Waals surface area contributed by atoms with Gasteiger partial charge in [0, 0.05) is 29.4 Å². The summed E-state index contributed by atoms with van der Waals surface area (Å²) in [6, 6.07) is 6.12. The van der Waals surface area contributed by atoms with Crippen LogP contribution in [0.4, 0.5) is 4.79 Å². The fraction of sp³-hybridized carbons (Fsp3) is 0.389. The predicted octanol–water partition coefficient (Wildman–Crippen LogP) is 4.35. The van der Waals surface area contributed by atoms with Crippen LogP contribution in [-0.2, 0) is 13.0 Å². The Bertz CT molecular complexity index is 907. The zero-order valence-corrected chi connectivity index (χ0v) is 15.7. The lowest BCUT2D eigenvalue weighted by Gasteiger charge is -2.10. The Labute approximate surface area is 154 Å². The third-order valence-corrected chi connectivity index (χ3v) is 4.67. The largest absolute Gasteiger partial charge is 0.465 e. The zero-order valence-electron chi connectivity index (χ0n) is 14.1. The van der Waals surface area contributed by atoms with Crippen LogP contribution in [0.25, 0.3) is 21.9 Å². The van der Waals surface area contributed by atoms with E-state index >= 15 is 0 Å². The van der Waals surface area contributed by atoms with E-state index < -0.39 is 6.09 Å². The number of benzene rings is 1. The number of hydrogen-bond acceptors (Lipinski definition) is 3. The summed E-state index contributed by atoms with van der Waals surface area (Å²) in [5.41, 5.74) is 2.98. The van der Waals surface area contributed by atoms with Gasteiger partial charge in [0.1, 0.15) is 11.3 Å². The summed E-state index contributed by atoms with van der Waals surface area (Å²) in [6.07, 6.45) is 4.50. The molecule has 1 aromatic carbocycles. The number of nitrogens with one attached hydrogen (secondary N) is 1. The van der Waals surface area contributed by atoms with Crippen molar-refractivity contribution in [2.45, 2.75) is 39.2 Å². The minimum Gasteiger partial charge on any atom is -0.465 e. The molecule has 0 saturated heterocycles. The van der Waals surface area contributed by atoms with Crippen LogP contribution in [0.15, 0.2) is 28.9 Å². The predicted molar refractivity (Wildman–Crippen MR) is 102 cm³/mol. The van der Waals surface area contributed by atoms with Gasteiger partial charge in [-0.05, 0) is 37.5 Å². The Morgan fingerprint density at radius 2 is 2.16 bits per heavy atom. The second-order valence-corrected chi connectivity index (χ2v) is 6.94. The molecule has 132 valence electrons. The summed E-state index contributed by atoms with van der Waals surface area (Å²) in [5, 5.41) is 12.2. The fourth-order valence-corrected chi connectivity index (χ4v) is 3.43. The fourth-order valence-electron chi connectivity index (χ4n) is 3.08. The van der Waals surface area contributed by atoms with Crippen LogP contribution in [0.1, 0.15) is 32.0 Å². The standard InChI is InChI=1S/C18H21BrN4O2/c1-2-5-16-22-15-11-21-14-10-12(19)6-7-13(14)17(15)23(16)9-4-3-8-20-18(24)25/h6-7,10-11,20H,2-5,8-9H2,1H3,(H,24,25). The van der Waals surface area contributed by atoms with E-state index in [1.165, 1.54) is 0 Å². The molecule has 6 nitrogen and oxygen atoms in total. The van der Waals surface area contributed by atoms with Gasteiger partial charge < -0.3 is 15.0 Å². The van der Waals surface area contributed by atoms with E-state index in [0.717, 1.165) is 64.5 Å². The summed E-state index contributed by atoms with van der Waals surface area (Å²) >= 11 is 3.50. The number of nitrogens with zero attached hydrogens (tertiary/aromatic N) is 3. The van der Waals surface area contributed by atoms with Gasteiger partial charge in [0.25, 0.3) is 0 Å². The first-order valence-corrected chi connectivity index (χ1v) is 9.29. The summed E-state index contributed by atoms with van der Waals surface area (Å²) < 4.78 is 3.28. The molecular weight excluding hydrogens is 384 g/mol. The van der Waals surface area contributed by atoms with Gasteiger partial charge in [-0.2, -0.15) is 0 Å². The molecule has 2 heterocycles. The van der Waals surface area contributed by atoms with Crippen molar-refractivity contribution in [3.63, 3.8) is 0 Å². The second kappa shape index (κ2) is 7.82. The molecule has 0 bridgehead atoms. The molecule has 0 aliphatic rings. The van der Waals surface area contributed by atoms with Gasteiger partial charge in [-0.3, -0.25) is 4.98 Å². The number of halogens is 1. The van der Waals surface area contributed by atoms with Crippen LogP contribution in [0, 0.1) is 0 Å². The first-order valence-electron chi connectivity index (χ1n) is 8.50. The van der Waals surface area contributed by atoms with Crippen LogP contribution in [0.5, 0.6) is 0 Å². The second-order valence-electron chi connectivity index (χ2n) is 6.02. The van der Waals surface area contributed by atoms with Gasteiger partial charge in [-0.1, -0.05) is 22.9 Å². The van der Waals surface area contributed by atoms with Crippen LogP contribution in [-0.4, -0.2) is 32.3 Å². The van der Waals surface area contributed by atoms with E-state index in [2.05, 4.69) is 43.8 Å². The van der Waals surface area contributed by atoms with E-state index in [9.17, 15) is 4.79 Å². The molecule has 7 heteroatoms. The number of carboxylic acid groups (broad SMARTS) is 1. The van der Waals surface area contributed by atoms with E-state index in [-0.39, 0.29) is 0 Å². The molecule has 0 fully saturated rings. The highest BCUT2D eigenvalue weighted by molar-refractivity contribution is 9.10. The number of imidazole rings is 1. The van der Waals surface area contributed by atoms with Gasteiger partial charge in [0.15, 0.2) is 0 Å². The molecule has 2 N–H and O–H groups in total. The number of pyridine rings is 1. The molecule has 3 rings (SSSR count). The van der Waals surface area contributed by atoms with Gasteiger partial charge in [0.2, 0.25) is 0 Å². The average molecular weight is 405 g/mol. The first-order chi connectivity index (χ1) is 12.1. The van der Waals surface area contributed by atoms with Gasteiger partial charge in [0.05, 0.1) is 17.2 Å². The number of carbonyl (C=O) groups is 1. The minimum atomic E-state index is -0.970. The summed E-state index contributed by atoms with van der Waals surface area (Å²) in [4.78, 5) is 19.9. The van der Waals surface area contributed by atoms with Crippen molar-refractivity contribution in [2.24, 2.45) is 0 Å². The monoisotopic (exact) mass is 404 g/mol. The highest BCUT2D eigenvalue weighted by atomic mass is 79.9. The van der Waals surface area contributed by atoms with Gasteiger partial charge >= 0.3 is 6.09 Å². The maximum Gasteiger partial charge on any atom is 0.404 e. The molecule has 0 aliphatic carbocycles. The molecule has 1 amide bonds. The third-order valence-electron chi connectivity index (χ3n) is 4.17. The number of aromatic nitrogens is 3. The molecule has 3 aromatic rings. The average Bonchev–Trinajstić information content (AvgIpc) is 2.92. The van der Waals surface area contributed by atoms with Crippen molar-refractivity contribution in [2.75, 3.05) is 6.54 Å². The Hall–Kier alpha value is -2.15. The number of aryl methyl sites for hydroxylation is 2. The lowest BCUT2D eigenvalue weighted by Crippen LogP contribution is -2.22. The number of unbranched alkanes of at least 4 members (excludes halogenated alkanes) is 1. The van der Waals surface area contributed by atoms with Crippen LogP contribution in [0.2, 0.25) is 0 Å². The minimum absolute atomic E-state index is 0.473. The van der Waals surface area contributed by atoms with E-state index in [1.54, 1.807) is 0 Å². The maximum absolute atomic E-state index is 10.5. The van der Waals surface area contributed by atoms with Crippen LogP contribution >= 0.6 is 15.9 Å². The molecular formula is C18H21BrN4O2. The first kappa shape index (κ1) is 17.7. The van der Waals surface area contributed by atoms with Crippen molar-refractivity contribution >= 4 is 44.0 Å². The summed E-state index contributed by atoms with van der Waals surface area (Å²) in [6.45, 7) is 3.44. The number of rotatable bonds is 7. The molecule has 0 aliphatic heterocycles. The van der Waals surface area contributed by atoms with Crippen molar-refractivity contribution in [1.82, 2.24) is 19.9 Å². The molecule has 0 unspecified atom stereocenters. The number of fused-ring (bicyclic) bond motifs is 3. The highest BCUT2D eigenvalue weighted by Gasteiger charge is 2.14. The molecule has 0 saturated carbocycles. The normalized spacial score (nSPS) is 11.3. The Balaban J connectivity index is 1.95. The van der Waals surface area contributed by atoms with Crippen molar-refractivity contribution in [3.8, 4) is 0 Å². The van der Waals surface area contributed by atoms with Crippen LogP contribution < -0.4 is 5.32 Å². The third kappa shape index (κ3) is 3.92. The van der Waals surface area contributed by atoms with Crippen LogP contribution in [0.3, 0.4) is 0 Å². The topological polar surface area (TPSA) is 80.0 Å². The van der Waals surface area contributed by atoms with E-state index in [0.29, 0.717) is 6.54 Å². The Morgan fingerprint density at radius 1 is 1.32 bits per heavy atom. The maximum atomic E-state index is 10.5. The molecule has 0 radical (unpaired) electrons. The van der Waals surface area contributed by atoms with Crippen molar-refractivity contribution in [3.05, 3.63) is 34.7 Å². The summed E-state index contributed by atoms with van der Waals surface area (Å²) in [7, 11) is 0. The molecule has 0 spiro atoms. The number of hydrogen-bond donors (Lipinski definition) is 2. The van der Waals surface area contributed by atoms with E-state index in [1.807, 2.05) is 18.3 Å². The Kier molecular flexibility index (Phi) is 5.53. The quantitative estimate of drug-likeness (QED) is 0.573. The summed E-state index contributed by atoms with van der Waals surface area (Å²) in [5.74, 6) is 1.07. The SMILES string of the molecule is CCCc1nc2cnc3cc(Br)ccc3c2n1CCCCNC(=O)O. The molecule has 2 aromatic heterocycles. The Morgan fingerprint density at radius 3 is 2.92 bits per heavy atom.